The highest BCUT2D eigenvalue weighted by Crippen LogP contribution is 2.21. The smallest absolute Gasteiger partial charge is 0.135 e. The summed E-state index contributed by atoms with van der Waals surface area (Å²) in [6.07, 6.45) is 1.68. The van der Waals surface area contributed by atoms with Crippen LogP contribution in [0.25, 0.3) is 0 Å². The summed E-state index contributed by atoms with van der Waals surface area (Å²) >= 11 is 0. The second-order valence-corrected chi connectivity index (χ2v) is 2.50. The molecular weight excluding hydrogens is 105 g/mol. The average Bonchev–Trinajstić information content (AvgIpc) is 1.64. The van der Waals surface area contributed by atoms with E-state index < -0.39 is 5.67 Å². The van der Waals surface area contributed by atoms with Gasteiger partial charge < -0.3 is 5.32 Å². The highest BCUT2D eigenvalue weighted by atomic mass is 19.1. The Labute approximate surface area is 49.3 Å². The number of rotatable bonds is 2. The molecule has 1 aliphatic rings. The summed E-state index contributed by atoms with van der Waals surface area (Å²) in [5.74, 6) is 0. The topological polar surface area (TPSA) is 12.0 Å². The van der Waals surface area contributed by atoms with Crippen LogP contribution in [-0.4, -0.2) is 18.8 Å². The molecule has 1 aliphatic heterocycles. The molecule has 0 bridgehead atoms. The zero-order valence-corrected chi connectivity index (χ0v) is 5.21. The molecule has 2 heteroatoms. The fourth-order valence-corrected chi connectivity index (χ4v) is 1.02. The molecule has 1 N–H and O–H groups in total. The van der Waals surface area contributed by atoms with Crippen molar-refractivity contribution in [3.63, 3.8) is 0 Å². The Bertz CT molecular complexity index is 78.6. The van der Waals surface area contributed by atoms with Gasteiger partial charge in [-0.3, -0.25) is 0 Å². The molecule has 1 nitrogen and oxygen atoms in total. The molecule has 48 valence electrons. The van der Waals surface area contributed by atoms with Crippen molar-refractivity contribution in [1.29, 1.82) is 0 Å². The molecule has 1 heterocycles. The second kappa shape index (κ2) is 2.02. The van der Waals surface area contributed by atoms with Gasteiger partial charge in [0.05, 0.1) is 0 Å². The molecule has 1 rings (SSSR count). The minimum Gasteiger partial charge on any atom is -0.310 e. The van der Waals surface area contributed by atoms with Crippen molar-refractivity contribution in [2.24, 2.45) is 0 Å². The molecule has 0 radical (unpaired) electrons. The standard InChI is InChI=1S/C6H12FN/c1-2-3-6(7)4-8-5-6/h8H,2-5H2,1H3. The van der Waals surface area contributed by atoms with E-state index in [2.05, 4.69) is 5.32 Å². The summed E-state index contributed by atoms with van der Waals surface area (Å²) in [5, 5.41) is 2.91. The third-order valence-electron chi connectivity index (χ3n) is 1.58. The second-order valence-electron chi connectivity index (χ2n) is 2.50. The van der Waals surface area contributed by atoms with Crippen LogP contribution in [0.2, 0.25) is 0 Å². The van der Waals surface area contributed by atoms with Crippen molar-refractivity contribution in [1.82, 2.24) is 5.32 Å². The molecule has 0 unspecified atom stereocenters. The van der Waals surface area contributed by atoms with Gasteiger partial charge in [-0.2, -0.15) is 0 Å². The number of hydrogen-bond donors (Lipinski definition) is 1. The van der Waals surface area contributed by atoms with Gasteiger partial charge in [0.15, 0.2) is 0 Å². The largest absolute Gasteiger partial charge is 0.310 e. The van der Waals surface area contributed by atoms with Gasteiger partial charge in [0.25, 0.3) is 0 Å². The Hall–Kier alpha value is -0.110. The number of nitrogens with one attached hydrogen (secondary N) is 1. The quantitative estimate of drug-likeness (QED) is 0.571. The van der Waals surface area contributed by atoms with E-state index in [9.17, 15) is 4.39 Å². The molecule has 1 saturated heterocycles. The molecule has 0 spiro atoms. The normalized spacial score (nSPS) is 24.8. The van der Waals surface area contributed by atoms with Gasteiger partial charge >= 0.3 is 0 Å². The van der Waals surface area contributed by atoms with E-state index in [4.69, 9.17) is 0 Å². The van der Waals surface area contributed by atoms with E-state index in [1.165, 1.54) is 0 Å². The van der Waals surface area contributed by atoms with Crippen LogP contribution in [0.4, 0.5) is 4.39 Å². The SMILES string of the molecule is CCCC1(F)CNC1. The van der Waals surface area contributed by atoms with E-state index in [0.29, 0.717) is 13.1 Å². The van der Waals surface area contributed by atoms with Crippen molar-refractivity contribution in [3.05, 3.63) is 0 Å². The van der Waals surface area contributed by atoms with Gasteiger partial charge in [-0.1, -0.05) is 13.3 Å². The lowest BCUT2D eigenvalue weighted by Crippen LogP contribution is -2.56. The fraction of sp³-hybridized carbons (Fsp3) is 1.00. The third-order valence-corrected chi connectivity index (χ3v) is 1.58. The van der Waals surface area contributed by atoms with Crippen molar-refractivity contribution in [3.8, 4) is 0 Å². The zero-order chi connectivity index (χ0) is 6.04. The molecule has 0 aromatic rings. The van der Waals surface area contributed by atoms with E-state index >= 15 is 0 Å². The highest BCUT2D eigenvalue weighted by molar-refractivity contribution is 4.92. The minimum atomic E-state index is -0.839. The Kier molecular flexibility index (Phi) is 1.52. The van der Waals surface area contributed by atoms with E-state index in [0.717, 1.165) is 12.8 Å². The summed E-state index contributed by atoms with van der Waals surface area (Å²) in [6, 6.07) is 0. The zero-order valence-electron chi connectivity index (χ0n) is 5.21. The number of alkyl halides is 1. The summed E-state index contributed by atoms with van der Waals surface area (Å²) in [6.45, 7) is 3.15. The van der Waals surface area contributed by atoms with Gasteiger partial charge in [-0.05, 0) is 6.42 Å². The predicted molar refractivity (Wildman–Crippen MR) is 31.6 cm³/mol. The number of halogens is 1. The Morgan fingerprint density at radius 2 is 2.25 bits per heavy atom. The highest BCUT2D eigenvalue weighted by Gasteiger charge is 2.35. The van der Waals surface area contributed by atoms with E-state index in [-0.39, 0.29) is 0 Å². The first-order valence-electron chi connectivity index (χ1n) is 3.16. The van der Waals surface area contributed by atoms with Gasteiger partial charge in [0, 0.05) is 13.1 Å². The van der Waals surface area contributed by atoms with Crippen molar-refractivity contribution >= 4 is 0 Å². The molecule has 8 heavy (non-hydrogen) atoms. The maximum atomic E-state index is 12.8. The van der Waals surface area contributed by atoms with Crippen LogP contribution in [0.1, 0.15) is 19.8 Å². The predicted octanol–water partition coefficient (Wildman–Crippen LogP) is 1.10. The van der Waals surface area contributed by atoms with Gasteiger partial charge in [0.1, 0.15) is 5.67 Å². The van der Waals surface area contributed by atoms with Gasteiger partial charge in [-0.15, -0.1) is 0 Å². The van der Waals surface area contributed by atoms with Crippen LogP contribution in [0.5, 0.6) is 0 Å². The molecule has 0 aromatic heterocycles. The van der Waals surface area contributed by atoms with Crippen LogP contribution in [-0.2, 0) is 0 Å². The lowest BCUT2D eigenvalue weighted by Gasteiger charge is -2.34. The van der Waals surface area contributed by atoms with Crippen molar-refractivity contribution in [2.45, 2.75) is 25.4 Å². The Morgan fingerprint density at radius 3 is 2.38 bits per heavy atom. The molecule has 0 saturated carbocycles. The first-order valence-corrected chi connectivity index (χ1v) is 3.16. The molecule has 0 amide bonds. The third kappa shape index (κ3) is 0.996. The lowest BCUT2D eigenvalue weighted by molar-refractivity contribution is 0.0797. The average molecular weight is 117 g/mol. The Morgan fingerprint density at radius 1 is 1.62 bits per heavy atom. The van der Waals surface area contributed by atoms with E-state index in [1.54, 1.807) is 0 Å². The molecular formula is C6H12FN. The lowest BCUT2D eigenvalue weighted by atomic mass is 9.94. The summed E-state index contributed by atoms with van der Waals surface area (Å²) < 4.78 is 12.8. The summed E-state index contributed by atoms with van der Waals surface area (Å²) in [7, 11) is 0. The molecule has 1 fully saturated rings. The molecule has 0 aromatic carbocycles. The van der Waals surface area contributed by atoms with Crippen LogP contribution < -0.4 is 5.32 Å². The monoisotopic (exact) mass is 117 g/mol. The maximum Gasteiger partial charge on any atom is 0.135 e. The number of hydrogen-bond acceptors (Lipinski definition) is 1. The van der Waals surface area contributed by atoms with Crippen LogP contribution in [0.15, 0.2) is 0 Å². The summed E-state index contributed by atoms with van der Waals surface area (Å²) in [5.41, 5.74) is -0.839. The van der Waals surface area contributed by atoms with Gasteiger partial charge in [0.2, 0.25) is 0 Å². The van der Waals surface area contributed by atoms with Crippen LogP contribution in [0.3, 0.4) is 0 Å². The minimum absolute atomic E-state index is 0.570. The summed E-state index contributed by atoms with van der Waals surface area (Å²) in [4.78, 5) is 0. The Balaban J connectivity index is 2.20. The van der Waals surface area contributed by atoms with E-state index in [1.807, 2.05) is 6.92 Å². The van der Waals surface area contributed by atoms with Crippen LogP contribution >= 0.6 is 0 Å². The van der Waals surface area contributed by atoms with Crippen LogP contribution in [0, 0.1) is 0 Å². The van der Waals surface area contributed by atoms with Crippen molar-refractivity contribution < 1.29 is 4.39 Å². The van der Waals surface area contributed by atoms with Gasteiger partial charge in [-0.25, -0.2) is 4.39 Å². The fourth-order valence-electron chi connectivity index (χ4n) is 1.02. The molecule has 0 aliphatic carbocycles. The van der Waals surface area contributed by atoms with Crippen molar-refractivity contribution in [2.75, 3.05) is 13.1 Å². The first-order chi connectivity index (χ1) is 3.77. The maximum absolute atomic E-state index is 12.8. The molecule has 0 atom stereocenters. The first kappa shape index (κ1) is 6.02.